The van der Waals surface area contributed by atoms with Gasteiger partial charge in [0, 0.05) is 46.5 Å². The predicted octanol–water partition coefficient (Wildman–Crippen LogP) is 3.59. The van der Waals surface area contributed by atoms with Crippen molar-refractivity contribution in [3.8, 4) is 11.5 Å². The molecule has 2 aromatic rings. The Morgan fingerprint density at radius 2 is 1.39 bits per heavy atom. The molecule has 1 aliphatic carbocycles. The van der Waals surface area contributed by atoms with Gasteiger partial charge in [-0.05, 0) is 12.8 Å². The number of aromatic hydroxyl groups is 2. The first-order valence-electron chi connectivity index (χ1n) is 13.1. The summed E-state index contributed by atoms with van der Waals surface area (Å²) >= 11 is 0. The van der Waals surface area contributed by atoms with E-state index in [0.717, 1.165) is 12.1 Å². The number of hydrogen-bond acceptors (Lipinski definition) is 15. The fraction of sp³-hybridized carbons (Fsp3) is 0.308. The van der Waals surface area contributed by atoms with Crippen LogP contribution in [0.5, 0.6) is 11.5 Å². The summed E-state index contributed by atoms with van der Waals surface area (Å²) in [6, 6.07) is 2.87. The van der Waals surface area contributed by atoms with Gasteiger partial charge in [-0.2, -0.15) is 0 Å². The molecule has 1 atom stereocenters. The number of rotatable bonds is 6. The summed E-state index contributed by atoms with van der Waals surface area (Å²) < 4.78 is 25.8. The first-order valence-corrected chi connectivity index (χ1v) is 14.7. The quantitative estimate of drug-likeness (QED) is 0.226. The van der Waals surface area contributed by atoms with Gasteiger partial charge in [0.1, 0.15) is 0 Å². The zero-order valence-electron chi connectivity index (χ0n) is 23.8. The third-order valence-electron chi connectivity index (χ3n) is 7.75. The number of nitrogens with one attached hydrogen (secondary N) is 1. The minimum atomic E-state index is -3.86. The Morgan fingerprint density at radius 1 is 0.848 bits per heavy atom. The van der Waals surface area contributed by atoms with E-state index in [1.54, 1.807) is 13.8 Å². The molecule has 2 heterocycles. The number of benzene rings is 2. The van der Waals surface area contributed by atoms with E-state index in [2.05, 4.69) is 5.32 Å². The second kappa shape index (κ2) is 11.6. The van der Waals surface area contributed by atoms with E-state index in [1.807, 2.05) is 0 Å². The molecule has 0 saturated heterocycles. The summed E-state index contributed by atoms with van der Waals surface area (Å²) in [6.45, 7) is 3.41. The van der Waals surface area contributed by atoms with Crippen LogP contribution in [0.15, 0.2) is 46.1 Å². The molecule has 5 rings (SSSR count). The van der Waals surface area contributed by atoms with Crippen LogP contribution in [0.1, 0.15) is 54.9 Å². The lowest BCUT2D eigenvalue weighted by molar-refractivity contribution is -0.395. The molecule has 0 spiro atoms. The molecule has 19 nitrogen and oxygen atoms in total. The van der Waals surface area contributed by atoms with Crippen molar-refractivity contribution in [1.29, 1.82) is 0 Å². The number of aldehydes is 1. The number of dihydropyridines is 1. The van der Waals surface area contributed by atoms with Crippen LogP contribution >= 0.6 is 0 Å². The highest BCUT2D eigenvalue weighted by Crippen LogP contribution is 2.53. The number of ketones is 1. The second-order valence-electron chi connectivity index (χ2n) is 11.0. The van der Waals surface area contributed by atoms with Crippen LogP contribution in [0, 0.1) is 45.9 Å². The molecular formula is C26H23N5O14S. The number of phenolic OH excluding ortho intramolecular Hbond substituents is 2. The molecule has 1 unspecified atom stereocenters. The van der Waals surface area contributed by atoms with Gasteiger partial charge < -0.3 is 15.5 Å². The fourth-order valence-corrected chi connectivity index (χ4v) is 7.24. The molecule has 2 aromatic carbocycles. The molecule has 0 amide bonds. The van der Waals surface area contributed by atoms with Gasteiger partial charge in [0.15, 0.2) is 27.7 Å². The van der Waals surface area contributed by atoms with Crippen LogP contribution in [0.4, 0.5) is 22.7 Å². The van der Waals surface area contributed by atoms with E-state index in [9.17, 15) is 63.6 Å². The summed E-state index contributed by atoms with van der Waals surface area (Å²) in [6.07, 6.45) is 1.19. The molecule has 2 aliphatic heterocycles. The number of carbonyl (C=O) groups excluding carboxylic acids is 2. The molecule has 0 radical (unpaired) electrons. The van der Waals surface area contributed by atoms with Gasteiger partial charge in [0.25, 0.3) is 11.4 Å². The molecule has 0 aromatic heterocycles. The fourth-order valence-electron chi connectivity index (χ4n) is 5.42. The first kappa shape index (κ1) is 33.1. The number of sulfone groups is 1. The Hall–Kier alpha value is -5.79. The number of Topliss-reactive ketones (excluding diaryl/α,β-unsaturated/α-hetero) is 1. The monoisotopic (exact) mass is 661 g/mol. The van der Waals surface area contributed by atoms with Crippen molar-refractivity contribution in [3.63, 3.8) is 0 Å². The van der Waals surface area contributed by atoms with Crippen LogP contribution in [0.2, 0.25) is 0 Å². The molecule has 0 bridgehead atoms. The van der Waals surface area contributed by atoms with Crippen molar-refractivity contribution in [2.24, 2.45) is 5.41 Å². The summed E-state index contributed by atoms with van der Waals surface area (Å²) in [7, 11) is -3.86. The average molecular weight is 662 g/mol. The standard InChI is InChI=1S/C19H19N3O8S.C7H4N2O6/c1-19(2)5-3-11-15(18(19)24)14(17-12(20-11)4-6-31(17,29)30)10-7-9(21(25)26)8-13(16(10)23)22(27)28;10-3-4-1-5(8(12)13)2-6(7(4)11)9(14)15/h7-8,14,20,23H,3-6H2,1-2H3;1-3,11H. The number of hydrogen-bond donors (Lipinski definition) is 3. The summed E-state index contributed by atoms with van der Waals surface area (Å²) in [4.78, 5) is 63.4. The van der Waals surface area contributed by atoms with Gasteiger partial charge in [0.2, 0.25) is 5.75 Å². The molecule has 46 heavy (non-hydrogen) atoms. The van der Waals surface area contributed by atoms with Gasteiger partial charge >= 0.3 is 11.4 Å². The highest BCUT2D eigenvalue weighted by atomic mass is 32.2. The largest absolute Gasteiger partial charge is 0.502 e. The van der Waals surface area contributed by atoms with Crippen LogP contribution in [-0.4, -0.2) is 56.1 Å². The van der Waals surface area contributed by atoms with Crippen molar-refractivity contribution in [1.82, 2.24) is 5.32 Å². The van der Waals surface area contributed by atoms with Crippen LogP contribution in [0.25, 0.3) is 0 Å². The Kier molecular flexibility index (Phi) is 8.36. The Balaban J connectivity index is 0.000000270. The minimum absolute atomic E-state index is 0.0746. The summed E-state index contributed by atoms with van der Waals surface area (Å²) in [5.74, 6) is -3.71. The Morgan fingerprint density at radius 3 is 1.91 bits per heavy atom. The van der Waals surface area contributed by atoms with E-state index in [0.29, 0.717) is 36.4 Å². The number of carbonyl (C=O) groups is 2. The van der Waals surface area contributed by atoms with Crippen LogP contribution in [-0.2, 0) is 14.6 Å². The number of nitro benzene ring substituents is 4. The van der Waals surface area contributed by atoms with E-state index in [4.69, 9.17) is 5.11 Å². The van der Waals surface area contributed by atoms with Gasteiger partial charge in [-0.3, -0.25) is 50.0 Å². The molecule has 3 N–H and O–H groups in total. The lowest BCUT2D eigenvalue weighted by atomic mass is 9.69. The normalized spacial score (nSPS) is 19.2. The number of phenols is 2. The molecule has 0 saturated carbocycles. The smallest absolute Gasteiger partial charge is 0.318 e. The average Bonchev–Trinajstić information content (AvgIpc) is 3.28. The highest BCUT2D eigenvalue weighted by Gasteiger charge is 2.50. The lowest BCUT2D eigenvalue weighted by Crippen LogP contribution is -2.39. The Labute approximate surface area is 257 Å². The lowest BCUT2D eigenvalue weighted by Gasteiger charge is -2.38. The number of nitrogens with zero attached hydrogens (tertiary/aromatic N) is 4. The van der Waals surface area contributed by atoms with Crippen molar-refractivity contribution in [2.75, 3.05) is 5.75 Å². The maximum atomic E-state index is 13.3. The minimum Gasteiger partial charge on any atom is -0.502 e. The molecule has 242 valence electrons. The number of non-ortho nitro benzene ring substituents is 2. The third kappa shape index (κ3) is 5.72. The number of nitro groups is 4. The van der Waals surface area contributed by atoms with Gasteiger partial charge in [-0.15, -0.1) is 0 Å². The van der Waals surface area contributed by atoms with E-state index in [-0.39, 0.29) is 40.3 Å². The molecular weight excluding hydrogens is 638 g/mol. The highest BCUT2D eigenvalue weighted by molar-refractivity contribution is 7.95. The van der Waals surface area contributed by atoms with Crippen molar-refractivity contribution in [2.45, 2.75) is 39.0 Å². The van der Waals surface area contributed by atoms with E-state index >= 15 is 0 Å². The first-order chi connectivity index (χ1) is 21.3. The summed E-state index contributed by atoms with van der Waals surface area (Å²) in [5, 5.41) is 66.5. The maximum absolute atomic E-state index is 13.3. The van der Waals surface area contributed by atoms with Gasteiger partial charge in [0.05, 0.1) is 54.0 Å². The maximum Gasteiger partial charge on any atom is 0.318 e. The second-order valence-corrected chi connectivity index (χ2v) is 13.1. The van der Waals surface area contributed by atoms with Crippen LogP contribution in [0.3, 0.4) is 0 Å². The number of allylic oxidation sites excluding steroid dienone is 4. The van der Waals surface area contributed by atoms with Gasteiger partial charge in [-0.25, -0.2) is 8.42 Å². The van der Waals surface area contributed by atoms with E-state index in [1.165, 1.54) is 0 Å². The predicted molar refractivity (Wildman–Crippen MR) is 155 cm³/mol. The Bertz CT molecular complexity index is 1950. The zero-order chi connectivity index (χ0) is 34.5. The molecule has 0 fully saturated rings. The SMILES string of the molecule is CC1(C)CCC2=C(C1=O)C(c1cc([N+](=O)[O-])cc([N+](=O)[O-])c1O)C1=C(CCS1(=O)=O)N2.O=Cc1cc([N+](=O)[O-])cc([N+](=O)[O-])c1O. The van der Waals surface area contributed by atoms with E-state index < -0.39 is 80.7 Å². The van der Waals surface area contributed by atoms with Gasteiger partial charge in [-0.1, -0.05) is 13.8 Å². The zero-order valence-corrected chi connectivity index (χ0v) is 24.6. The van der Waals surface area contributed by atoms with Crippen molar-refractivity contribution >= 4 is 44.7 Å². The summed E-state index contributed by atoms with van der Waals surface area (Å²) in [5.41, 5.74) is -3.84. The molecule has 3 aliphatic rings. The third-order valence-corrected chi connectivity index (χ3v) is 9.65. The van der Waals surface area contributed by atoms with Crippen LogP contribution < -0.4 is 5.32 Å². The topological polar surface area (TPSA) is 293 Å². The molecule has 20 heteroatoms. The van der Waals surface area contributed by atoms with Crippen molar-refractivity contribution < 1.29 is 47.9 Å². The van der Waals surface area contributed by atoms with Crippen molar-refractivity contribution in [3.05, 3.63) is 97.7 Å².